The van der Waals surface area contributed by atoms with Crippen LogP contribution in [0.25, 0.3) is 0 Å². The molecule has 5 heteroatoms. The minimum absolute atomic E-state index is 0.0368. The number of rotatable bonds is 8. The fraction of sp³-hybridized carbons (Fsp3) is 0.571. The lowest BCUT2D eigenvalue weighted by atomic mass is 10.2. The summed E-state index contributed by atoms with van der Waals surface area (Å²) in [5.41, 5.74) is 1.04. The monoisotopic (exact) mass is 265 g/mol. The first-order valence-electron chi connectivity index (χ1n) is 6.68. The van der Waals surface area contributed by atoms with E-state index in [2.05, 4.69) is 29.5 Å². The van der Waals surface area contributed by atoms with Crippen LogP contribution < -0.4 is 15.4 Å². The predicted molar refractivity (Wildman–Crippen MR) is 75.0 cm³/mol. The summed E-state index contributed by atoms with van der Waals surface area (Å²) in [6.07, 6.45) is 3.62. The van der Waals surface area contributed by atoms with E-state index in [1.807, 2.05) is 12.1 Å². The molecule has 1 amide bonds. The smallest absolute Gasteiger partial charge is 0.234 e. The number of aromatic nitrogens is 1. The fourth-order valence-corrected chi connectivity index (χ4v) is 1.76. The third-order valence-corrected chi connectivity index (χ3v) is 2.97. The van der Waals surface area contributed by atoms with E-state index in [0.717, 1.165) is 18.4 Å². The van der Waals surface area contributed by atoms with Crippen LogP contribution in [0.2, 0.25) is 0 Å². The molecule has 0 aliphatic rings. The van der Waals surface area contributed by atoms with E-state index in [-0.39, 0.29) is 11.9 Å². The number of carbonyl (C=O) groups excluding carboxylic acids is 1. The molecule has 2 N–H and O–H groups in total. The molecule has 0 radical (unpaired) electrons. The molecular weight excluding hydrogens is 242 g/mol. The first-order chi connectivity index (χ1) is 9.19. The van der Waals surface area contributed by atoms with E-state index in [9.17, 15) is 4.79 Å². The Morgan fingerprint density at radius 1 is 1.42 bits per heavy atom. The molecule has 0 atom stereocenters. The van der Waals surface area contributed by atoms with Gasteiger partial charge < -0.3 is 15.4 Å². The lowest BCUT2D eigenvalue weighted by molar-refractivity contribution is -0.121. The minimum atomic E-state index is 0.0368. The Hall–Kier alpha value is -1.62. The Bertz CT molecular complexity index is 392. The van der Waals surface area contributed by atoms with Crippen molar-refractivity contribution in [1.29, 1.82) is 0 Å². The normalized spacial score (nSPS) is 10.5. The van der Waals surface area contributed by atoms with Gasteiger partial charge in [0, 0.05) is 24.8 Å². The summed E-state index contributed by atoms with van der Waals surface area (Å²) in [4.78, 5) is 15.7. The Morgan fingerprint density at radius 2 is 2.16 bits per heavy atom. The highest BCUT2D eigenvalue weighted by Gasteiger charge is 2.07. The highest BCUT2D eigenvalue weighted by Crippen LogP contribution is 2.07. The quantitative estimate of drug-likeness (QED) is 0.747. The molecule has 19 heavy (non-hydrogen) atoms. The largest absolute Gasteiger partial charge is 0.481 e. The van der Waals surface area contributed by atoms with Crippen LogP contribution in [-0.4, -0.2) is 30.6 Å². The Kier molecular flexibility index (Phi) is 6.89. The average Bonchev–Trinajstić information content (AvgIpc) is 2.45. The molecule has 0 spiro atoms. The lowest BCUT2D eigenvalue weighted by Crippen LogP contribution is -2.39. The van der Waals surface area contributed by atoms with Crippen molar-refractivity contribution >= 4 is 5.91 Å². The summed E-state index contributed by atoms with van der Waals surface area (Å²) < 4.78 is 5.05. The molecule has 0 fully saturated rings. The second-order valence-corrected chi connectivity index (χ2v) is 4.39. The van der Waals surface area contributed by atoms with Crippen molar-refractivity contribution in [3.63, 3.8) is 0 Å². The summed E-state index contributed by atoms with van der Waals surface area (Å²) in [7, 11) is 1.59. The summed E-state index contributed by atoms with van der Waals surface area (Å²) in [6, 6.07) is 4.02. The van der Waals surface area contributed by atoms with Crippen LogP contribution in [-0.2, 0) is 11.3 Å². The number of amides is 1. The van der Waals surface area contributed by atoms with Crippen LogP contribution in [0.3, 0.4) is 0 Å². The van der Waals surface area contributed by atoms with Crippen LogP contribution in [0.1, 0.15) is 32.3 Å². The molecule has 0 bridgehead atoms. The van der Waals surface area contributed by atoms with Crippen LogP contribution in [0.15, 0.2) is 18.3 Å². The van der Waals surface area contributed by atoms with Crippen molar-refractivity contribution in [2.75, 3.05) is 13.7 Å². The third-order valence-electron chi connectivity index (χ3n) is 2.97. The molecule has 1 aromatic rings. The number of nitrogens with zero attached hydrogens (tertiary/aromatic N) is 1. The Balaban J connectivity index is 2.31. The Morgan fingerprint density at radius 3 is 2.79 bits per heavy atom. The van der Waals surface area contributed by atoms with Gasteiger partial charge in [-0.2, -0.15) is 0 Å². The Labute approximate surface area is 114 Å². The topological polar surface area (TPSA) is 63.2 Å². The standard InChI is InChI=1S/C14H23N3O2/c1-4-12(5-2)17-13(18)10-15-9-11-6-7-16-14(8-11)19-3/h6-8,12,15H,4-5,9-10H2,1-3H3,(H,17,18). The molecule has 5 nitrogen and oxygen atoms in total. The molecule has 0 saturated heterocycles. The first kappa shape index (κ1) is 15.4. The van der Waals surface area contributed by atoms with Crippen LogP contribution >= 0.6 is 0 Å². The summed E-state index contributed by atoms with van der Waals surface area (Å²) in [6.45, 7) is 5.09. The van der Waals surface area contributed by atoms with E-state index in [0.29, 0.717) is 19.0 Å². The molecule has 106 valence electrons. The second-order valence-electron chi connectivity index (χ2n) is 4.39. The number of ether oxygens (including phenoxy) is 1. The van der Waals surface area contributed by atoms with Gasteiger partial charge in [-0.25, -0.2) is 4.98 Å². The molecule has 0 aromatic carbocycles. The third kappa shape index (κ3) is 5.70. The highest BCUT2D eigenvalue weighted by molar-refractivity contribution is 5.78. The molecule has 0 saturated carbocycles. The molecule has 1 rings (SSSR count). The van der Waals surface area contributed by atoms with Gasteiger partial charge in [-0.1, -0.05) is 13.8 Å². The van der Waals surface area contributed by atoms with Gasteiger partial charge >= 0.3 is 0 Å². The minimum Gasteiger partial charge on any atom is -0.481 e. The first-order valence-corrected chi connectivity index (χ1v) is 6.68. The van der Waals surface area contributed by atoms with Crippen LogP contribution in [0.5, 0.6) is 5.88 Å². The maximum Gasteiger partial charge on any atom is 0.234 e. The summed E-state index contributed by atoms with van der Waals surface area (Å²) in [5.74, 6) is 0.621. The van der Waals surface area contributed by atoms with E-state index in [4.69, 9.17) is 4.74 Å². The van der Waals surface area contributed by atoms with Crippen molar-refractivity contribution in [2.24, 2.45) is 0 Å². The lowest BCUT2D eigenvalue weighted by Gasteiger charge is -2.14. The van der Waals surface area contributed by atoms with Crippen molar-refractivity contribution in [3.05, 3.63) is 23.9 Å². The predicted octanol–water partition coefficient (Wildman–Crippen LogP) is 1.48. The van der Waals surface area contributed by atoms with E-state index >= 15 is 0 Å². The van der Waals surface area contributed by atoms with Gasteiger partial charge in [0.25, 0.3) is 0 Å². The number of hydrogen-bond donors (Lipinski definition) is 2. The SMILES string of the molecule is CCC(CC)NC(=O)CNCc1ccnc(OC)c1. The fourth-order valence-electron chi connectivity index (χ4n) is 1.76. The van der Waals surface area contributed by atoms with Gasteiger partial charge in [0.15, 0.2) is 0 Å². The number of hydrogen-bond acceptors (Lipinski definition) is 4. The zero-order valence-electron chi connectivity index (χ0n) is 11.9. The number of methoxy groups -OCH3 is 1. The van der Waals surface area contributed by atoms with Gasteiger partial charge in [-0.15, -0.1) is 0 Å². The zero-order chi connectivity index (χ0) is 14.1. The van der Waals surface area contributed by atoms with Gasteiger partial charge in [-0.3, -0.25) is 4.79 Å². The molecule has 0 aliphatic carbocycles. The van der Waals surface area contributed by atoms with Crippen molar-refractivity contribution in [3.8, 4) is 5.88 Å². The molecule has 1 heterocycles. The van der Waals surface area contributed by atoms with Crippen LogP contribution in [0, 0.1) is 0 Å². The number of nitrogens with one attached hydrogen (secondary N) is 2. The average molecular weight is 265 g/mol. The molecular formula is C14H23N3O2. The van der Waals surface area contributed by atoms with Crippen molar-refractivity contribution < 1.29 is 9.53 Å². The van der Waals surface area contributed by atoms with Gasteiger partial charge in [0.05, 0.1) is 13.7 Å². The van der Waals surface area contributed by atoms with E-state index in [1.54, 1.807) is 13.3 Å². The maximum absolute atomic E-state index is 11.7. The van der Waals surface area contributed by atoms with Crippen molar-refractivity contribution in [1.82, 2.24) is 15.6 Å². The molecule has 0 unspecified atom stereocenters. The van der Waals surface area contributed by atoms with E-state index in [1.165, 1.54) is 0 Å². The van der Waals surface area contributed by atoms with Crippen LogP contribution in [0.4, 0.5) is 0 Å². The zero-order valence-corrected chi connectivity index (χ0v) is 11.9. The summed E-state index contributed by atoms with van der Waals surface area (Å²) in [5, 5.41) is 6.10. The highest BCUT2D eigenvalue weighted by atomic mass is 16.5. The van der Waals surface area contributed by atoms with E-state index < -0.39 is 0 Å². The van der Waals surface area contributed by atoms with Gasteiger partial charge in [-0.05, 0) is 24.5 Å². The van der Waals surface area contributed by atoms with Gasteiger partial charge in [0.2, 0.25) is 11.8 Å². The molecule has 0 aliphatic heterocycles. The second kappa shape index (κ2) is 8.48. The van der Waals surface area contributed by atoms with Gasteiger partial charge in [0.1, 0.15) is 0 Å². The van der Waals surface area contributed by atoms with Crippen molar-refractivity contribution in [2.45, 2.75) is 39.3 Å². The maximum atomic E-state index is 11.7. The number of pyridine rings is 1. The molecule has 1 aromatic heterocycles. The summed E-state index contributed by atoms with van der Waals surface area (Å²) >= 11 is 0. The number of carbonyl (C=O) groups is 1.